The van der Waals surface area contributed by atoms with Crippen LogP contribution in [0, 0.1) is 5.82 Å². The molecule has 2 nitrogen and oxygen atoms in total. The van der Waals surface area contributed by atoms with Crippen molar-refractivity contribution in [3.8, 4) is 0 Å². The largest absolute Gasteiger partial charge is 0.477 e. The second kappa shape index (κ2) is 3.33. The van der Waals surface area contributed by atoms with Crippen LogP contribution in [0.4, 0.5) is 4.39 Å². The van der Waals surface area contributed by atoms with Crippen LogP contribution in [0.1, 0.15) is 9.67 Å². The van der Waals surface area contributed by atoms with Crippen LogP contribution in [-0.2, 0) is 0 Å². The van der Waals surface area contributed by atoms with Crippen molar-refractivity contribution >= 4 is 43.3 Å². The van der Waals surface area contributed by atoms with Gasteiger partial charge >= 0.3 is 5.97 Å². The van der Waals surface area contributed by atoms with Gasteiger partial charge < -0.3 is 5.11 Å². The molecule has 0 aliphatic rings. The van der Waals surface area contributed by atoms with Crippen molar-refractivity contribution in [2.75, 3.05) is 0 Å². The van der Waals surface area contributed by atoms with Crippen LogP contribution in [-0.4, -0.2) is 11.1 Å². The average Bonchev–Trinajstić information content (AvgIpc) is 2.47. The number of aromatic carboxylic acids is 1. The van der Waals surface area contributed by atoms with E-state index in [1.165, 1.54) is 18.2 Å². The zero-order valence-electron chi connectivity index (χ0n) is 6.75. The summed E-state index contributed by atoms with van der Waals surface area (Å²) in [7, 11) is 0. The van der Waals surface area contributed by atoms with Gasteiger partial charge in [0.05, 0.1) is 0 Å². The predicted molar refractivity (Wildman–Crippen MR) is 56.4 cm³/mol. The summed E-state index contributed by atoms with van der Waals surface area (Å²) in [6, 6.07) is 4.11. The van der Waals surface area contributed by atoms with Gasteiger partial charge in [0.25, 0.3) is 0 Å². The van der Waals surface area contributed by atoms with Crippen molar-refractivity contribution in [3.63, 3.8) is 0 Å². The highest BCUT2D eigenvalue weighted by Gasteiger charge is 2.11. The van der Waals surface area contributed by atoms with Crippen LogP contribution in [0.3, 0.4) is 0 Å². The Hall–Kier alpha value is -0.940. The third-order valence-corrected chi connectivity index (χ3v) is 3.81. The van der Waals surface area contributed by atoms with Crippen molar-refractivity contribution in [1.29, 1.82) is 0 Å². The molecule has 0 radical (unpaired) electrons. The molecule has 0 saturated heterocycles. The summed E-state index contributed by atoms with van der Waals surface area (Å²) >= 11 is 4.32. The molecule has 0 amide bonds. The average molecular weight is 275 g/mol. The molecule has 14 heavy (non-hydrogen) atoms. The SMILES string of the molecule is O=C(O)c1cc2cc(F)cc(Br)c2s1. The number of hydrogen-bond donors (Lipinski definition) is 1. The number of halogens is 2. The quantitative estimate of drug-likeness (QED) is 0.864. The van der Waals surface area contributed by atoms with Crippen LogP contribution < -0.4 is 0 Å². The van der Waals surface area contributed by atoms with Crippen LogP contribution >= 0.6 is 27.3 Å². The van der Waals surface area contributed by atoms with Crippen molar-refractivity contribution < 1.29 is 14.3 Å². The molecule has 5 heteroatoms. The fourth-order valence-corrected chi connectivity index (χ4v) is 2.76. The fourth-order valence-electron chi connectivity index (χ4n) is 1.18. The van der Waals surface area contributed by atoms with Gasteiger partial charge in [-0.25, -0.2) is 9.18 Å². The molecule has 72 valence electrons. The fraction of sp³-hybridized carbons (Fsp3) is 0. The van der Waals surface area contributed by atoms with Crippen molar-refractivity contribution in [2.45, 2.75) is 0 Å². The molecule has 1 aromatic carbocycles. The first-order valence-corrected chi connectivity index (χ1v) is 5.31. The molecule has 2 aromatic rings. The van der Waals surface area contributed by atoms with E-state index >= 15 is 0 Å². The number of benzene rings is 1. The number of thiophene rings is 1. The molecule has 0 bridgehead atoms. The molecule has 0 aliphatic heterocycles. The van der Waals surface area contributed by atoms with Crippen LogP contribution in [0.25, 0.3) is 10.1 Å². The van der Waals surface area contributed by atoms with E-state index in [2.05, 4.69) is 15.9 Å². The van der Waals surface area contributed by atoms with Crippen molar-refractivity contribution in [2.24, 2.45) is 0 Å². The highest BCUT2D eigenvalue weighted by Crippen LogP contribution is 2.32. The maximum absolute atomic E-state index is 12.9. The van der Waals surface area contributed by atoms with Gasteiger partial charge in [-0.3, -0.25) is 0 Å². The van der Waals surface area contributed by atoms with E-state index in [-0.39, 0.29) is 10.7 Å². The summed E-state index contributed by atoms with van der Waals surface area (Å²) in [6.45, 7) is 0. The molecule has 0 aliphatic carbocycles. The molecule has 1 heterocycles. The Morgan fingerprint density at radius 2 is 2.14 bits per heavy atom. The predicted octanol–water partition coefficient (Wildman–Crippen LogP) is 3.50. The Labute approximate surface area is 91.1 Å². The van der Waals surface area contributed by atoms with Gasteiger partial charge in [0, 0.05) is 9.17 Å². The second-order valence-electron chi connectivity index (χ2n) is 2.72. The summed E-state index contributed by atoms with van der Waals surface area (Å²) in [5.74, 6) is -1.36. The highest BCUT2D eigenvalue weighted by atomic mass is 79.9. The summed E-state index contributed by atoms with van der Waals surface area (Å²) in [6.07, 6.45) is 0. The first-order valence-electron chi connectivity index (χ1n) is 3.70. The van der Waals surface area contributed by atoms with Gasteiger partial charge in [-0.05, 0) is 39.5 Å². The smallest absolute Gasteiger partial charge is 0.345 e. The lowest BCUT2D eigenvalue weighted by molar-refractivity contribution is 0.0702. The van der Waals surface area contributed by atoms with Gasteiger partial charge in [0.15, 0.2) is 0 Å². The molecule has 0 spiro atoms. The molecule has 0 unspecified atom stereocenters. The maximum Gasteiger partial charge on any atom is 0.345 e. The normalized spacial score (nSPS) is 10.7. The molecule has 0 saturated carbocycles. The van der Waals surface area contributed by atoms with Crippen LogP contribution in [0.15, 0.2) is 22.7 Å². The molecular weight excluding hydrogens is 271 g/mol. The third-order valence-electron chi connectivity index (χ3n) is 1.75. The molecule has 0 atom stereocenters. The molecule has 1 N–H and O–H groups in total. The first kappa shape index (κ1) is 9.61. The first-order chi connectivity index (χ1) is 6.58. The summed E-state index contributed by atoms with van der Waals surface area (Å²) < 4.78 is 14.3. The summed E-state index contributed by atoms with van der Waals surface area (Å²) in [4.78, 5) is 10.9. The van der Waals surface area contributed by atoms with Gasteiger partial charge in [-0.15, -0.1) is 11.3 Å². The van der Waals surface area contributed by atoms with Crippen molar-refractivity contribution in [1.82, 2.24) is 0 Å². The standard InChI is InChI=1S/C9H4BrFO2S/c10-6-3-5(11)1-4-2-7(9(12)13)14-8(4)6/h1-3H,(H,12,13). The Morgan fingerprint density at radius 3 is 2.79 bits per heavy atom. The lowest BCUT2D eigenvalue weighted by Crippen LogP contribution is -1.89. The second-order valence-corrected chi connectivity index (χ2v) is 4.63. The number of carbonyl (C=O) groups is 1. The Kier molecular flexibility index (Phi) is 2.28. The number of hydrogen-bond acceptors (Lipinski definition) is 2. The summed E-state index contributed by atoms with van der Waals surface area (Å²) in [5, 5.41) is 9.36. The zero-order chi connectivity index (χ0) is 10.3. The van der Waals surface area contributed by atoms with E-state index in [0.717, 1.165) is 16.0 Å². The minimum atomic E-state index is -0.987. The molecule has 0 fully saturated rings. The van der Waals surface area contributed by atoms with Crippen LogP contribution in [0.5, 0.6) is 0 Å². The highest BCUT2D eigenvalue weighted by molar-refractivity contribution is 9.10. The van der Waals surface area contributed by atoms with Crippen molar-refractivity contribution in [3.05, 3.63) is 33.4 Å². The third kappa shape index (κ3) is 1.53. The van der Waals surface area contributed by atoms with E-state index in [1.807, 2.05) is 0 Å². The van der Waals surface area contributed by atoms with E-state index in [4.69, 9.17) is 5.11 Å². The lowest BCUT2D eigenvalue weighted by Gasteiger charge is -1.92. The number of carboxylic acids is 1. The monoisotopic (exact) mass is 274 g/mol. The number of fused-ring (bicyclic) bond motifs is 1. The van der Waals surface area contributed by atoms with E-state index in [0.29, 0.717) is 9.86 Å². The Balaban J connectivity index is 2.76. The summed E-state index contributed by atoms with van der Waals surface area (Å²) in [5.41, 5.74) is 0. The maximum atomic E-state index is 12.9. The minimum absolute atomic E-state index is 0.214. The Morgan fingerprint density at radius 1 is 1.43 bits per heavy atom. The van der Waals surface area contributed by atoms with E-state index < -0.39 is 5.97 Å². The van der Waals surface area contributed by atoms with Gasteiger partial charge in [0.1, 0.15) is 10.7 Å². The van der Waals surface area contributed by atoms with Gasteiger partial charge in [-0.1, -0.05) is 0 Å². The van der Waals surface area contributed by atoms with Crippen LogP contribution in [0.2, 0.25) is 0 Å². The topological polar surface area (TPSA) is 37.3 Å². The number of rotatable bonds is 1. The van der Waals surface area contributed by atoms with Gasteiger partial charge in [0.2, 0.25) is 0 Å². The number of carboxylic acid groups (broad SMARTS) is 1. The molecule has 1 aromatic heterocycles. The minimum Gasteiger partial charge on any atom is -0.477 e. The van der Waals surface area contributed by atoms with E-state index in [1.54, 1.807) is 0 Å². The molecule has 2 rings (SSSR count). The zero-order valence-corrected chi connectivity index (χ0v) is 9.15. The molecular formula is C9H4BrFO2S. The van der Waals surface area contributed by atoms with Gasteiger partial charge in [-0.2, -0.15) is 0 Å². The lowest BCUT2D eigenvalue weighted by atomic mass is 10.2. The Bertz CT molecular complexity index is 521. The van der Waals surface area contributed by atoms with E-state index in [9.17, 15) is 9.18 Å².